The minimum Gasteiger partial charge on any atom is -0.357 e. The third-order valence-electron chi connectivity index (χ3n) is 6.11. The minimum absolute atomic E-state index is 0.0686. The number of fused-ring (bicyclic) bond motifs is 1. The molecule has 36 heavy (non-hydrogen) atoms. The summed E-state index contributed by atoms with van der Waals surface area (Å²) in [4.78, 5) is 44.3. The number of amides is 3. The molecule has 8 heteroatoms. The Bertz CT molecular complexity index is 1300. The molecule has 0 spiro atoms. The molecule has 3 aromatic carbocycles. The highest BCUT2D eigenvalue weighted by atomic mass is 32.2. The Morgan fingerprint density at radius 2 is 1.53 bits per heavy atom. The van der Waals surface area contributed by atoms with E-state index in [0.29, 0.717) is 30.1 Å². The van der Waals surface area contributed by atoms with Crippen LogP contribution in [0.3, 0.4) is 0 Å². The number of para-hydroxylation sites is 3. The summed E-state index contributed by atoms with van der Waals surface area (Å²) in [5.41, 5.74) is 2.94. The molecule has 184 valence electrons. The first kappa shape index (κ1) is 24.1. The van der Waals surface area contributed by atoms with Crippen LogP contribution in [0.25, 0.3) is 0 Å². The summed E-state index contributed by atoms with van der Waals surface area (Å²) in [5.74, 6) is -0.234. The van der Waals surface area contributed by atoms with Gasteiger partial charge in [-0.3, -0.25) is 24.2 Å². The van der Waals surface area contributed by atoms with Crippen molar-refractivity contribution in [2.45, 2.75) is 25.8 Å². The average molecular weight is 502 g/mol. The van der Waals surface area contributed by atoms with Crippen molar-refractivity contribution in [3.63, 3.8) is 0 Å². The van der Waals surface area contributed by atoms with Crippen LogP contribution in [-0.4, -0.2) is 40.7 Å². The lowest BCUT2D eigenvalue weighted by Gasteiger charge is -2.39. The molecule has 1 atom stereocenters. The molecule has 1 fully saturated rings. The molecule has 1 unspecified atom stereocenters. The fourth-order valence-electron chi connectivity index (χ4n) is 4.36. The van der Waals surface area contributed by atoms with Crippen LogP contribution in [0.4, 0.5) is 21.9 Å². The number of nitrogens with zero attached hydrogens (tertiary/aromatic N) is 3. The third-order valence-corrected chi connectivity index (χ3v) is 7.08. The van der Waals surface area contributed by atoms with Crippen molar-refractivity contribution >= 4 is 45.9 Å². The second-order valence-corrected chi connectivity index (χ2v) is 10.2. The maximum atomic E-state index is 13.6. The molecular formula is C28H27N3O4S. The number of imide groups is 1. The van der Waals surface area contributed by atoms with Gasteiger partial charge in [-0.2, -0.15) is 0 Å². The first-order valence-corrected chi connectivity index (χ1v) is 12.8. The van der Waals surface area contributed by atoms with Gasteiger partial charge in [0.15, 0.2) is 5.44 Å². The SMILES string of the molecule is CC(C)COC1SC(=O)N(Cc2ccccc2N2CN(c3ccccc3)c3ccccc3C2=O)C1=O. The van der Waals surface area contributed by atoms with Crippen LogP contribution >= 0.6 is 11.8 Å². The van der Waals surface area contributed by atoms with Crippen molar-refractivity contribution in [3.8, 4) is 0 Å². The summed E-state index contributed by atoms with van der Waals surface area (Å²) in [6.45, 7) is 4.75. The Kier molecular flexibility index (Phi) is 6.80. The van der Waals surface area contributed by atoms with Crippen molar-refractivity contribution in [2.24, 2.45) is 5.92 Å². The Labute approximate surface area is 214 Å². The predicted molar refractivity (Wildman–Crippen MR) is 141 cm³/mol. The van der Waals surface area contributed by atoms with Crippen LogP contribution in [0.15, 0.2) is 78.9 Å². The molecule has 2 aliphatic rings. The molecule has 2 aliphatic heterocycles. The summed E-state index contributed by atoms with van der Waals surface area (Å²) in [6, 6.07) is 24.9. The highest BCUT2D eigenvalue weighted by Gasteiger charge is 2.41. The Morgan fingerprint density at radius 3 is 2.28 bits per heavy atom. The van der Waals surface area contributed by atoms with E-state index in [2.05, 4.69) is 4.90 Å². The van der Waals surface area contributed by atoms with Gasteiger partial charge in [-0.1, -0.05) is 62.4 Å². The molecule has 1 saturated heterocycles. The number of hydrogen-bond donors (Lipinski definition) is 0. The lowest BCUT2D eigenvalue weighted by molar-refractivity contribution is -0.134. The van der Waals surface area contributed by atoms with Gasteiger partial charge in [0.2, 0.25) is 0 Å². The quantitative estimate of drug-likeness (QED) is 0.418. The van der Waals surface area contributed by atoms with Gasteiger partial charge < -0.3 is 9.64 Å². The number of anilines is 3. The zero-order chi connectivity index (χ0) is 25.2. The number of ether oxygens (including phenoxy) is 1. The summed E-state index contributed by atoms with van der Waals surface area (Å²) in [5, 5.41) is -0.343. The zero-order valence-corrected chi connectivity index (χ0v) is 21.0. The minimum atomic E-state index is -0.830. The number of benzene rings is 3. The predicted octanol–water partition coefficient (Wildman–Crippen LogP) is 5.64. The van der Waals surface area contributed by atoms with E-state index in [4.69, 9.17) is 4.74 Å². The van der Waals surface area contributed by atoms with E-state index in [-0.39, 0.29) is 29.5 Å². The van der Waals surface area contributed by atoms with E-state index in [9.17, 15) is 14.4 Å². The van der Waals surface area contributed by atoms with Crippen molar-refractivity contribution in [2.75, 3.05) is 23.1 Å². The Morgan fingerprint density at radius 1 is 0.861 bits per heavy atom. The molecule has 3 aromatic rings. The smallest absolute Gasteiger partial charge is 0.291 e. The van der Waals surface area contributed by atoms with Crippen LogP contribution in [-0.2, 0) is 16.1 Å². The van der Waals surface area contributed by atoms with Crippen LogP contribution in [0.1, 0.15) is 29.8 Å². The standard InChI is InChI=1S/C28H27N3O4S/c1-19(2)17-35-27-26(33)29(28(34)36-27)16-20-10-6-8-14-23(20)31-18-30(21-11-4-3-5-12-21)24-15-9-7-13-22(24)25(31)32/h3-15,19,27H,16-18H2,1-2H3. The van der Waals surface area contributed by atoms with Crippen LogP contribution in [0.5, 0.6) is 0 Å². The number of hydrogen-bond acceptors (Lipinski definition) is 6. The number of carbonyl (C=O) groups excluding carboxylic acids is 3. The second-order valence-electron chi connectivity index (χ2n) is 9.15. The van der Waals surface area contributed by atoms with Gasteiger partial charge in [0.05, 0.1) is 30.1 Å². The molecule has 0 bridgehead atoms. The highest BCUT2D eigenvalue weighted by molar-refractivity contribution is 8.15. The largest absolute Gasteiger partial charge is 0.357 e. The summed E-state index contributed by atoms with van der Waals surface area (Å²) >= 11 is 0.900. The first-order valence-electron chi connectivity index (χ1n) is 11.9. The molecule has 0 radical (unpaired) electrons. The second kappa shape index (κ2) is 10.2. The lowest BCUT2D eigenvalue weighted by Crippen LogP contribution is -2.45. The Balaban J connectivity index is 1.46. The summed E-state index contributed by atoms with van der Waals surface area (Å²) < 4.78 is 5.66. The van der Waals surface area contributed by atoms with Crippen molar-refractivity contribution in [1.29, 1.82) is 0 Å². The van der Waals surface area contributed by atoms with E-state index in [1.54, 1.807) is 4.90 Å². The van der Waals surface area contributed by atoms with E-state index < -0.39 is 5.44 Å². The zero-order valence-electron chi connectivity index (χ0n) is 20.2. The molecule has 2 heterocycles. The van der Waals surface area contributed by atoms with Crippen molar-refractivity contribution < 1.29 is 19.1 Å². The maximum absolute atomic E-state index is 13.6. The normalized spacial score (nSPS) is 17.8. The molecule has 5 rings (SSSR count). The molecular weight excluding hydrogens is 474 g/mol. The van der Waals surface area contributed by atoms with Gasteiger partial charge in [-0.15, -0.1) is 0 Å². The third kappa shape index (κ3) is 4.62. The molecule has 7 nitrogen and oxygen atoms in total. The average Bonchev–Trinajstić information content (AvgIpc) is 3.16. The Hall–Kier alpha value is -3.62. The van der Waals surface area contributed by atoms with Gasteiger partial charge in [0, 0.05) is 5.69 Å². The van der Waals surface area contributed by atoms with Crippen molar-refractivity contribution in [3.05, 3.63) is 90.0 Å². The van der Waals surface area contributed by atoms with Gasteiger partial charge in [0.1, 0.15) is 6.67 Å². The molecule has 3 amide bonds. The van der Waals surface area contributed by atoms with Gasteiger partial charge >= 0.3 is 0 Å². The van der Waals surface area contributed by atoms with Gasteiger partial charge in [-0.05, 0) is 53.6 Å². The van der Waals surface area contributed by atoms with Crippen LogP contribution < -0.4 is 9.80 Å². The maximum Gasteiger partial charge on any atom is 0.291 e. The van der Waals surface area contributed by atoms with E-state index in [1.165, 1.54) is 4.90 Å². The number of rotatable bonds is 7. The summed E-state index contributed by atoms with van der Waals surface area (Å²) in [7, 11) is 0. The lowest BCUT2D eigenvalue weighted by atomic mass is 10.0. The molecule has 0 aromatic heterocycles. The van der Waals surface area contributed by atoms with Gasteiger partial charge in [-0.25, -0.2) is 0 Å². The highest BCUT2D eigenvalue weighted by Crippen LogP contribution is 2.37. The number of carbonyl (C=O) groups is 3. The topological polar surface area (TPSA) is 70.2 Å². The number of thioether (sulfide) groups is 1. The van der Waals surface area contributed by atoms with Gasteiger partial charge in [0.25, 0.3) is 17.1 Å². The fourth-order valence-corrected chi connectivity index (χ4v) is 5.20. The molecule has 0 aliphatic carbocycles. The van der Waals surface area contributed by atoms with Crippen LogP contribution in [0, 0.1) is 5.92 Å². The molecule has 0 N–H and O–H groups in total. The fraction of sp³-hybridized carbons (Fsp3) is 0.250. The van der Waals surface area contributed by atoms with E-state index in [0.717, 1.165) is 23.1 Å². The van der Waals surface area contributed by atoms with E-state index >= 15 is 0 Å². The first-order chi connectivity index (χ1) is 17.4. The van der Waals surface area contributed by atoms with Crippen LogP contribution in [0.2, 0.25) is 0 Å². The van der Waals surface area contributed by atoms with E-state index in [1.807, 2.05) is 92.7 Å². The summed E-state index contributed by atoms with van der Waals surface area (Å²) in [6.07, 6.45) is 0. The monoisotopic (exact) mass is 501 g/mol. The van der Waals surface area contributed by atoms with Crippen molar-refractivity contribution in [1.82, 2.24) is 4.90 Å². The molecule has 0 saturated carbocycles.